The Hall–Kier alpha value is -3.56. The second-order valence-electron chi connectivity index (χ2n) is 6.52. The maximum Gasteiger partial charge on any atom is 0.416 e. The Kier molecular flexibility index (Phi) is 6.24. The lowest BCUT2D eigenvalue weighted by molar-refractivity contribution is -0.137. The first-order valence-corrected chi connectivity index (χ1v) is 9.15. The van der Waals surface area contributed by atoms with Gasteiger partial charge in [-0.2, -0.15) is 13.2 Å². The van der Waals surface area contributed by atoms with Gasteiger partial charge in [0.2, 0.25) is 0 Å². The fraction of sp³-hybridized carbons (Fsp3) is 0.250. The van der Waals surface area contributed by atoms with Gasteiger partial charge in [-0.1, -0.05) is 0 Å². The standard InChI is InChI=1S/C20H19F3N4O3/c21-20(22,23)15-5-1-13(2-6-15)17(28)24-9-10-25-18(29)14-3-7-16(8-4-14)27-12-11-26-19(27)30/h1-8H,9-12H2,(H,24,28)(H,25,29)(H,26,30). The van der Waals surface area contributed by atoms with Crippen LogP contribution in [0.3, 0.4) is 0 Å². The molecule has 2 aromatic carbocycles. The Morgan fingerprint density at radius 3 is 1.83 bits per heavy atom. The van der Waals surface area contributed by atoms with Crippen LogP contribution in [0.1, 0.15) is 26.3 Å². The van der Waals surface area contributed by atoms with Crippen molar-refractivity contribution < 1.29 is 27.6 Å². The Labute approximate surface area is 170 Å². The fourth-order valence-electron chi connectivity index (χ4n) is 2.88. The zero-order valence-corrected chi connectivity index (χ0v) is 15.8. The summed E-state index contributed by atoms with van der Waals surface area (Å²) in [6.07, 6.45) is -4.46. The van der Waals surface area contributed by atoms with Gasteiger partial charge in [0, 0.05) is 43.0 Å². The Morgan fingerprint density at radius 2 is 1.40 bits per heavy atom. The molecule has 1 fully saturated rings. The van der Waals surface area contributed by atoms with Crippen LogP contribution in [0.15, 0.2) is 48.5 Å². The molecule has 0 aromatic heterocycles. The number of nitrogens with one attached hydrogen (secondary N) is 3. The number of nitrogens with zero attached hydrogens (tertiary/aromatic N) is 1. The van der Waals surface area contributed by atoms with Crippen LogP contribution in [-0.2, 0) is 6.18 Å². The molecule has 7 nitrogen and oxygen atoms in total. The Bertz CT molecular complexity index is 928. The molecule has 1 heterocycles. The lowest BCUT2D eigenvalue weighted by atomic mass is 10.1. The average Bonchev–Trinajstić information content (AvgIpc) is 3.16. The number of alkyl halides is 3. The van der Waals surface area contributed by atoms with Crippen molar-refractivity contribution in [2.24, 2.45) is 0 Å². The van der Waals surface area contributed by atoms with Crippen LogP contribution in [0, 0.1) is 0 Å². The van der Waals surface area contributed by atoms with E-state index < -0.39 is 17.6 Å². The van der Waals surface area contributed by atoms with E-state index in [9.17, 15) is 27.6 Å². The molecule has 0 unspecified atom stereocenters. The molecule has 0 atom stereocenters. The van der Waals surface area contributed by atoms with E-state index in [0.29, 0.717) is 24.3 Å². The molecule has 30 heavy (non-hydrogen) atoms. The van der Waals surface area contributed by atoms with Crippen LogP contribution in [0.25, 0.3) is 0 Å². The summed E-state index contributed by atoms with van der Waals surface area (Å²) in [5.41, 5.74) is 0.344. The summed E-state index contributed by atoms with van der Waals surface area (Å²) in [7, 11) is 0. The topological polar surface area (TPSA) is 90.5 Å². The highest BCUT2D eigenvalue weighted by Gasteiger charge is 2.30. The summed E-state index contributed by atoms with van der Waals surface area (Å²) in [5.74, 6) is -0.887. The molecule has 1 aliphatic heterocycles. The first-order valence-electron chi connectivity index (χ1n) is 9.15. The van der Waals surface area contributed by atoms with Gasteiger partial charge >= 0.3 is 12.2 Å². The molecule has 1 aliphatic rings. The van der Waals surface area contributed by atoms with Crippen molar-refractivity contribution in [1.29, 1.82) is 0 Å². The third kappa shape index (κ3) is 5.07. The van der Waals surface area contributed by atoms with Crippen molar-refractivity contribution in [3.8, 4) is 0 Å². The van der Waals surface area contributed by atoms with Crippen molar-refractivity contribution in [2.45, 2.75) is 6.18 Å². The SMILES string of the molecule is O=C(NCCNC(=O)c1ccc(C(F)(F)F)cc1)c1ccc(N2CCNC2=O)cc1. The molecule has 0 bridgehead atoms. The number of carbonyl (C=O) groups is 3. The van der Waals surface area contributed by atoms with Gasteiger partial charge in [0.25, 0.3) is 11.8 Å². The lowest BCUT2D eigenvalue weighted by Crippen LogP contribution is -2.34. The predicted octanol–water partition coefficient (Wildman–Crippen LogP) is 2.39. The molecule has 10 heteroatoms. The van der Waals surface area contributed by atoms with E-state index in [0.717, 1.165) is 24.3 Å². The summed E-state index contributed by atoms with van der Waals surface area (Å²) in [6, 6.07) is 10.2. The van der Waals surface area contributed by atoms with E-state index >= 15 is 0 Å². The molecule has 2 aromatic rings. The number of carbonyl (C=O) groups excluding carboxylic acids is 3. The minimum Gasteiger partial charge on any atom is -0.350 e. The largest absolute Gasteiger partial charge is 0.416 e. The van der Waals surface area contributed by atoms with Gasteiger partial charge in [0.1, 0.15) is 0 Å². The number of rotatable bonds is 6. The number of halogens is 3. The first-order chi connectivity index (χ1) is 14.3. The molecule has 0 spiro atoms. The van der Waals surface area contributed by atoms with E-state index in [4.69, 9.17) is 0 Å². The summed E-state index contributed by atoms with van der Waals surface area (Å²) >= 11 is 0. The summed E-state index contributed by atoms with van der Waals surface area (Å²) in [5, 5.41) is 7.86. The highest BCUT2D eigenvalue weighted by molar-refractivity contribution is 5.97. The van der Waals surface area contributed by atoms with Crippen LogP contribution in [0.2, 0.25) is 0 Å². The van der Waals surface area contributed by atoms with Gasteiger partial charge in [-0.05, 0) is 48.5 Å². The predicted molar refractivity (Wildman–Crippen MR) is 103 cm³/mol. The molecule has 0 saturated carbocycles. The molecule has 3 rings (SSSR count). The van der Waals surface area contributed by atoms with Gasteiger partial charge < -0.3 is 16.0 Å². The number of hydrogen-bond acceptors (Lipinski definition) is 3. The first kappa shape index (κ1) is 21.2. The highest BCUT2D eigenvalue weighted by atomic mass is 19.4. The van der Waals surface area contributed by atoms with Crippen molar-refractivity contribution in [1.82, 2.24) is 16.0 Å². The zero-order valence-electron chi connectivity index (χ0n) is 15.8. The van der Waals surface area contributed by atoms with Gasteiger partial charge in [0.15, 0.2) is 0 Å². The average molecular weight is 420 g/mol. The molecule has 0 aliphatic carbocycles. The summed E-state index contributed by atoms with van der Waals surface area (Å²) < 4.78 is 37.6. The smallest absolute Gasteiger partial charge is 0.350 e. The molecule has 4 amide bonds. The summed E-state index contributed by atoms with van der Waals surface area (Å²) in [4.78, 5) is 37.3. The summed E-state index contributed by atoms with van der Waals surface area (Å²) in [6.45, 7) is 1.38. The maximum atomic E-state index is 12.5. The van der Waals surface area contributed by atoms with Gasteiger partial charge in [-0.15, -0.1) is 0 Å². The van der Waals surface area contributed by atoms with Crippen molar-refractivity contribution in [2.75, 3.05) is 31.1 Å². The molecular weight excluding hydrogens is 401 g/mol. The number of anilines is 1. The quantitative estimate of drug-likeness (QED) is 0.627. The third-order valence-corrected chi connectivity index (χ3v) is 4.47. The van der Waals surface area contributed by atoms with Crippen LogP contribution in [-0.4, -0.2) is 44.0 Å². The van der Waals surface area contributed by atoms with Crippen molar-refractivity contribution in [3.05, 3.63) is 65.2 Å². The van der Waals surface area contributed by atoms with Gasteiger partial charge in [-0.25, -0.2) is 4.79 Å². The van der Waals surface area contributed by atoms with E-state index in [-0.39, 0.29) is 30.6 Å². The minimum absolute atomic E-state index is 0.0934. The normalized spacial score (nSPS) is 13.7. The second kappa shape index (κ2) is 8.85. The number of benzene rings is 2. The van der Waals surface area contributed by atoms with Crippen molar-refractivity contribution >= 4 is 23.5 Å². The van der Waals surface area contributed by atoms with E-state index in [2.05, 4.69) is 16.0 Å². The number of amides is 4. The Morgan fingerprint density at radius 1 is 0.900 bits per heavy atom. The molecule has 3 N–H and O–H groups in total. The highest BCUT2D eigenvalue weighted by Crippen LogP contribution is 2.29. The van der Waals surface area contributed by atoms with Crippen LogP contribution >= 0.6 is 0 Å². The molecule has 0 radical (unpaired) electrons. The van der Waals surface area contributed by atoms with Gasteiger partial charge in [0.05, 0.1) is 5.56 Å². The molecule has 158 valence electrons. The van der Waals surface area contributed by atoms with E-state index in [1.165, 1.54) is 0 Å². The lowest BCUT2D eigenvalue weighted by Gasteiger charge is -2.14. The Balaban J connectivity index is 1.44. The maximum absolute atomic E-state index is 12.5. The number of urea groups is 1. The van der Waals surface area contributed by atoms with E-state index in [1.807, 2.05) is 0 Å². The second-order valence-corrected chi connectivity index (χ2v) is 6.52. The van der Waals surface area contributed by atoms with Crippen LogP contribution < -0.4 is 20.9 Å². The van der Waals surface area contributed by atoms with Crippen molar-refractivity contribution in [3.63, 3.8) is 0 Å². The molecular formula is C20H19F3N4O3. The number of hydrogen-bond donors (Lipinski definition) is 3. The third-order valence-electron chi connectivity index (χ3n) is 4.47. The minimum atomic E-state index is -4.46. The van der Waals surface area contributed by atoms with E-state index in [1.54, 1.807) is 29.2 Å². The zero-order chi connectivity index (χ0) is 21.7. The van der Waals surface area contributed by atoms with Crippen LogP contribution in [0.5, 0.6) is 0 Å². The van der Waals surface area contributed by atoms with Gasteiger partial charge in [-0.3, -0.25) is 14.5 Å². The molecule has 1 saturated heterocycles. The monoisotopic (exact) mass is 420 g/mol. The fourth-order valence-corrected chi connectivity index (χ4v) is 2.88. The van der Waals surface area contributed by atoms with Crippen LogP contribution in [0.4, 0.5) is 23.7 Å².